The first-order valence-corrected chi connectivity index (χ1v) is 9.13. The largest absolute Gasteiger partial charge is 0.466 e. The molecular formula is C15H22CaNO6P. The van der Waals surface area contributed by atoms with Crippen molar-refractivity contribution in [2.45, 2.75) is 19.8 Å². The summed E-state index contributed by atoms with van der Waals surface area (Å²) in [5, 5.41) is 2.53. The van der Waals surface area contributed by atoms with Gasteiger partial charge in [0, 0.05) is 44.3 Å². The summed E-state index contributed by atoms with van der Waals surface area (Å²) in [5.74, 6) is -1.77. The fourth-order valence-electron chi connectivity index (χ4n) is 2.09. The second kappa shape index (κ2) is 12.0. The zero-order valence-corrected chi connectivity index (χ0v) is 16.8. The monoisotopic (exact) mass is 383 g/mol. The number of carbonyl (C=O) groups excluding carboxylic acids is 2. The molecule has 2 radical (unpaired) electrons. The van der Waals surface area contributed by atoms with E-state index in [4.69, 9.17) is 14.5 Å². The summed E-state index contributed by atoms with van der Waals surface area (Å²) in [5.41, 5.74) is 0.812. The van der Waals surface area contributed by atoms with Crippen LogP contribution in [0.3, 0.4) is 0 Å². The second-order valence-corrected chi connectivity index (χ2v) is 6.77. The summed E-state index contributed by atoms with van der Waals surface area (Å²) >= 11 is 0. The van der Waals surface area contributed by atoms with Gasteiger partial charge in [-0.25, -0.2) is 0 Å². The van der Waals surface area contributed by atoms with Crippen molar-refractivity contribution < 1.29 is 28.7 Å². The smallest absolute Gasteiger partial charge is 0.326 e. The third-order valence-electron chi connectivity index (χ3n) is 3.09. The molecule has 1 rings (SSSR count). The summed E-state index contributed by atoms with van der Waals surface area (Å²) in [6.07, 6.45) is -0.294. The Balaban J connectivity index is 0.00000529. The molecule has 1 aromatic rings. The molecule has 1 atom stereocenters. The van der Waals surface area contributed by atoms with E-state index >= 15 is 0 Å². The summed E-state index contributed by atoms with van der Waals surface area (Å²) in [4.78, 5) is 41.7. The van der Waals surface area contributed by atoms with Crippen molar-refractivity contribution in [3.05, 3.63) is 35.9 Å². The number of carbonyl (C=O) groups is 2. The molecule has 0 spiro atoms. The SMILES string of the molecule is CCOC(=O)CCNC(=O)[C@H](Cc1ccccc1)CP(=O)(O)O.[Ca]. The van der Waals surface area contributed by atoms with E-state index in [0.29, 0.717) is 0 Å². The van der Waals surface area contributed by atoms with Gasteiger partial charge in [-0.15, -0.1) is 0 Å². The molecular weight excluding hydrogens is 361 g/mol. The summed E-state index contributed by atoms with van der Waals surface area (Å²) < 4.78 is 16.0. The first-order valence-electron chi connectivity index (χ1n) is 7.33. The Morgan fingerprint density at radius 2 is 1.88 bits per heavy atom. The number of hydrogen-bond donors (Lipinski definition) is 3. The molecule has 1 amide bonds. The van der Waals surface area contributed by atoms with E-state index in [-0.39, 0.29) is 63.7 Å². The molecule has 0 aliphatic carbocycles. The molecule has 0 bridgehead atoms. The normalized spacial score (nSPS) is 12.0. The van der Waals surface area contributed by atoms with Crippen LogP contribution in [0, 0.1) is 5.92 Å². The second-order valence-electron chi connectivity index (χ2n) is 5.08. The van der Waals surface area contributed by atoms with Crippen LogP contribution in [0.25, 0.3) is 0 Å². The zero-order chi connectivity index (χ0) is 17.3. The van der Waals surface area contributed by atoms with Gasteiger partial charge in [-0.3, -0.25) is 14.2 Å². The molecule has 0 unspecified atom stereocenters. The Hall–Kier alpha value is -0.430. The van der Waals surface area contributed by atoms with E-state index in [9.17, 15) is 14.2 Å². The van der Waals surface area contributed by atoms with E-state index in [1.165, 1.54) is 0 Å². The number of benzene rings is 1. The van der Waals surface area contributed by atoms with Gasteiger partial charge in [0.05, 0.1) is 25.1 Å². The van der Waals surface area contributed by atoms with Crippen LogP contribution in [-0.4, -0.2) is 78.7 Å². The van der Waals surface area contributed by atoms with Crippen LogP contribution in [0.15, 0.2) is 30.3 Å². The number of nitrogens with one attached hydrogen (secondary N) is 1. The molecule has 130 valence electrons. The van der Waals surface area contributed by atoms with E-state index in [0.717, 1.165) is 5.56 Å². The van der Waals surface area contributed by atoms with Crippen LogP contribution in [0.2, 0.25) is 0 Å². The Kier molecular flexibility index (Phi) is 11.8. The molecule has 0 aromatic heterocycles. The van der Waals surface area contributed by atoms with Gasteiger partial charge in [0.2, 0.25) is 5.91 Å². The van der Waals surface area contributed by atoms with Gasteiger partial charge in [-0.2, -0.15) is 0 Å². The molecule has 0 saturated carbocycles. The maximum Gasteiger partial charge on any atom is 0.326 e. The molecule has 0 aliphatic heterocycles. The maximum absolute atomic E-state index is 12.2. The number of rotatable bonds is 9. The molecule has 1 aromatic carbocycles. The van der Waals surface area contributed by atoms with E-state index < -0.39 is 31.6 Å². The van der Waals surface area contributed by atoms with E-state index in [1.807, 2.05) is 6.07 Å². The fraction of sp³-hybridized carbons (Fsp3) is 0.467. The van der Waals surface area contributed by atoms with Crippen molar-refractivity contribution in [3.8, 4) is 0 Å². The van der Waals surface area contributed by atoms with Crippen molar-refractivity contribution in [3.63, 3.8) is 0 Å². The predicted octanol–water partition coefficient (Wildman–Crippen LogP) is 0.712. The van der Waals surface area contributed by atoms with Gasteiger partial charge in [-0.1, -0.05) is 30.3 Å². The third-order valence-corrected chi connectivity index (χ3v) is 4.00. The fourth-order valence-corrected chi connectivity index (χ4v) is 2.96. The van der Waals surface area contributed by atoms with Crippen LogP contribution in [0.4, 0.5) is 0 Å². The first kappa shape index (κ1) is 23.6. The Bertz CT molecular complexity index is 562. The molecule has 0 aliphatic rings. The molecule has 24 heavy (non-hydrogen) atoms. The van der Waals surface area contributed by atoms with Crippen molar-refractivity contribution in [2.75, 3.05) is 19.3 Å². The van der Waals surface area contributed by atoms with Gasteiger partial charge in [0.25, 0.3) is 0 Å². The van der Waals surface area contributed by atoms with Crippen LogP contribution in [0.5, 0.6) is 0 Å². The average molecular weight is 383 g/mol. The van der Waals surface area contributed by atoms with Crippen molar-refractivity contribution in [1.82, 2.24) is 5.32 Å². The van der Waals surface area contributed by atoms with E-state index in [2.05, 4.69) is 5.32 Å². The van der Waals surface area contributed by atoms with Crippen LogP contribution in [-0.2, 0) is 25.3 Å². The molecule has 0 fully saturated rings. The predicted molar refractivity (Wildman–Crippen MR) is 90.6 cm³/mol. The van der Waals surface area contributed by atoms with Gasteiger partial charge in [0.15, 0.2) is 0 Å². The number of ether oxygens (including phenoxy) is 1. The van der Waals surface area contributed by atoms with Gasteiger partial charge in [0.1, 0.15) is 0 Å². The molecule has 0 saturated heterocycles. The van der Waals surface area contributed by atoms with Crippen molar-refractivity contribution >= 4 is 57.2 Å². The molecule has 0 heterocycles. The van der Waals surface area contributed by atoms with Crippen molar-refractivity contribution in [2.24, 2.45) is 5.92 Å². The van der Waals surface area contributed by atoms with Crippen LogP contribution < -0.4 is 5.32 Å². The number of amides is 1. The summed E-state index contributed by atoms with van der Waals surface area (Å²) in [6, 6.07) is 8.99. The van der Waals surface area contributed by atoms with Gasteiger partial charge < -0.3 is 19.8 Å². The minimum absolute atomic E-state index is 0. The van der Waals surface area contributed by atoms with Gasteiger partial charge >= 0.3 is 13.6 Å². The molecule has 9 heteroatoms. The van der Waals surface area contributed by atoms with Crippen LogP contribution in [0.1, 0.15) is 18.9 Å². The Labute approximate surface area is 171 Å². The number of esters is 1. The standard InChI is InChI=1S/C15H22NO6P.Ca/c1-2-22-14(17)8-9-16-15(18)13(11-23(19,20)21)10-12-6-4-3-5-7-12;/h3-7,13H,2,8-11H2,1H3,(H,16,18)(H2,19,20,21);/t13-;/m1./s1. The average Bonchev–Trinajstić information content (AvgIpc) is 2.46. The van der Waals surface area contributed by atoms with Crippen molar-refractivity contribution in [1.29, 1.82) is 0 Å². The Morgan fingerprint density at radius 1 is 1.25 bits per heavy atom. The third kappa shape index (κ3) is 10.4. The topological polar surface area (TPSA) is 113 Å². The first-order chi connectivity index (χ1) is 10.8. The van der Waals surface area contributed by atoms with Crippen LogP contribution >= 0.6 is 7.60 Å². The summed E-state index contributed by atoms with van der Waals surface area (Å²) in [6.45, 7) is 2.03. The summed E-state index contributed by atoms with van der Waals surface area (Å²) in [7, 11) is -4.33. The maximum atomic E-state index is 12.2. The molecule has 7 nitrogen and oxygen atoms in total. The Morgan fingerprint density at radius 3 is 2.42 bits per heavy atom. The minimum atomic E-state index is -4.33. The zero-order valence-electron chi connectivity index (χ0n) is 13.7. The molecule has 3 N–H and O–H groups in total. The quantitative estimate of drug-likeness (QED) is 0.329. The van der Waals surface area contributed by atoms with Gasteiger partial charge in [-0.05, 0) is 18.9 Å². The minimum Gasteiger partial charge on any atom is -0.466 e. The number of hydrogen-bond acceptors (Lipinski definition) is 4. The van der Waals surface area contributed by atoms with E-state index in [1.54, 1.807) is 31.2 Å².